The maximum absolute atomic E-state index is 12.2. The minimum Gasteiger partial charge on any atom is -0.347 e. The smallest absolute Gasteiger partial charge is 0.250 e. The topological polar surface area (TPSA) is 50.4 Å². The van der Waals surface area contributed by atoms with Crippen molar-refractivity contribution in [2.24, 2.45) is 0 Å². The first-order valence-corrected chi connectivity index (χ1v) is 7.25. The number of anilines is 2. The highest BCUT2D eigenvalue weighted by Gasteiger charge is 2.40. The zero-order valence-electron chi connectivity index (χ0n) is 12.5. The number of carbonyl (C=O) groups is 1. The van der Waals surface area contributed by atoms with Gasteiger partial charge in [-0.05, 0) is 31.2 Å². The Hall–Kier alpha value is -2.24. The maximum Gasteiger partial charge on any atom is 0.250 e. The molecule has 0 saturated carbocycles. The molecule has 0 heterocycles. The fraction of sp³-hybridized carbons (Fsp3) is 0.176. The molecule has 2 rings (SSSR count). The molecule has 0 aliphatic carbocycles. The number of para-hydroxylation sites is 2. The van der Waals surface area contributed by atoms with Crippen LogP contribution in [-0.4, -0.2) is 23.6 Å². The summed E-state index contributed by atoms with van der Waals surface area (Å²) in [6, 6.07) is 18.8. The molecule has 0 aliphatic rings. The summed E-state index contributed by atoms with van der Waals surface area (Å²) in [6.45, 7) is 1.44. The summed E-state index contributed by atoms with van der Waals surface area (Å²) >= 11 is 5.42. The van der Waals surface area contributed by atoms with Crippen LogP contribution in [0, 0.1) is 0 Å². The second-order valence-corrected chi connectivity index (χ2v) is 5.16. The van der Waals surface area contributed by atoms with Crippen LogP contribution in [0.1, 0.15) is 6.92 Å². The number of hydrogen-bond donors (Lipinski definition) is 2. The number of Topliss-reactive ketones (excluding diaryl/α,β-unsaturated/α-hetero) is 1. The Bertz CT molecular complexity index is 646. The van der Waals surface area contributed by atoms with Crippen LogP contribution in [0.3, 0.4) is 0 Å². The van der Waals surface area contributed by atoms with Crippen LogP contribution in [0.5, 0.6) is 0 Å². The van der Waals surface area contributed by atoms with E-state index in [-0.39, 0.29) is 10.8 Å². The third-order valence-electron chi connectivity index (χ3n) is 3.25. The van der Waals surface area contributed by atoms with Gasteiger partial charge in [-0.1, -0.05) is 48.6 Å². The van der Waals surface area contributed by atoms with E-state index in [4.69, 9.17) is 17.0 Å². The minimum absolute atomic E-state index is 0.229. The van der Waals surface area contributed by atoms with Gasteiger partial charge in [0.25, 0.3) is 5.72 Å². The molecule has 5 heteroatoms. The normalized spacial score (nSPS) is 13.0. The molecule has 0 fully saturated rings. The summed E-state index contributed by atoms with van der Waals surface area (Å²) in [4.78, 5) is 12.5. The number of thiocarbonyl (C=S) groups is 1. The van der Waals surface area contributed by atoms with E-state index in [1.165, 1.54) is 14.0 Å². The fourth-order valence-corrected chi connectivity index (χ4v) is 2.45. The lowest BCUT2D eigenvalue weighted by Crippen LogP contribution is -2.55. The Morgan fingerprint density at radius 1 is 1.00 bits per heavy atom. The Morgan fingerprint density at radius 3 is 1.95 bits per heavy atom. The molecular formula is C17H18N2O2S. The van der Waals surface area contributed by atoms with Crippen LogP contribution in [0.15, 0.2) is 60.7 Å². The number of benzene rings is 2. The molecule has 1 unspecified atom stereocenters. The average molecular weight is 314 g/mol. The van der Waals surface area contributed by atoms with E-state index in [0.29, 0.717) is 0 Å². The first kappa shape index (κ1) is 16.1. The highest BCUT2D eigenvalue weighted by atomic mass is 32.1. The van der Waals surface area contributed by atoms with Crippen molar-refractivity contribution in [1.29, 1.82) is 0 Å². The van der Waals surface area contributed by atoms with Gasteiger partial charge in [-0.25, -0.2) is 0 Å². The van der Waals surface area contributed by atoms with E-state index in [9.17, 15) is 4.79 Å². The molecule has 4 nitrogen and oxygen atoms in total. The highest BCUT2D eigenvalue weighted by molar-refractivity contribution is 7.80. The summed E-state index contributed by atoms with van der Waals surface area (Å²) in [6.07, 6.45) is 0. The van der Waals surface area contributed by atoms with Gasteiger partial charge >= 0.3 is 0 Å². The van der Waals surface area contributed by atoms with E-state index < -0.39 is 5.72 Å². The van der Waals surface area contributed by atoms with Gasteiger partial charge in [0.05, 0.1) is 0 Å². The standard InChI is InChI=1S/C17H18N2O2S/c1-13(20)17(21-2,19-15-11-7-4-8-12-15)16(22)18-14-9-5-3-6-10-14/h3-12,19H,1-2H3,(H,18,22). The number of rotatable bonds is 6. The van der Waals surface area contributed by atoms with Crippen molar-refractivity contribution in [3.8, 4) is 0 Å². The first-order valence-electron chi connectivity index (χ1n) is 6.84. The van der Waals surface area contributed by atoms with Gasteiger partial charge in [0.15, 0.2) is 5.78 Å². The molecule has 1 atom stereocenters. The lowest BCUT2D eigenvalue weighted by atomic mass is 10.1. The van der Waals surface area contributed by atoms with Gasteiger partial charge in [-0.2, -0.15) is 0 Å². The number of ether oxygens (including phenoxy) is 1. The Morgan fingerprint density at radius 2 is 1.50 bits per heavy atom. The van der Waals surface area contributed by atoms with Crippen LogP contribution in [0.4, 0.5) is 11.4 Å². The SMILES string of the molecule is COC(Nc1ccccc1)(C(C)=O)C(=S)Nc1ccccc1. The minimum atomic E-state index is -1.41. The first-order chi connectivity index (χ1) is 10.6. The maximum atomic E-state index is 12.2. The fourth-order valence-electron chi connectivity index (χ4n) is 2.06. The Kier molecular flexibility index (Phi) is 5.25. The summed E-state index contributed by atoms with van der Waals surface area (Å²) in [7, 11) is 1.45. The second-order valence-electron chi connectivity index (χ2n) is 4.75. The average Bonchev–Trinajstić information content (AvgIpc) is 2.54. The Labute approximate surface area is 135 Å². The largest absolute Gasteiger partial charge is 0.347 e. The van der Waals surface area contributed by atoms with Crippen molar-refractivity contribution in [2.45, 2.75) is 12.6 Å². The van der Waals surface area contributed by atoms with Crippen LogP contribution in [0.2, 0.25) is 0 Å². The molecule has 0 aliphatic heterocycles. The summed E-state index contributed by atoms with van der Waals surface area (Å²) in [5, 5.41) is 6.14. The van der Waals surface area contributed by atoms with Gasteiger partial charge in [0.1, 0.15) is 4.99 Å². The predicted molar refractivity (Wildman–Crippen MR) is 93.1 cm³/mol. The van der Waals surface area contributed by atoms with Crippen molar-refractivity contribution >= 4 is 34.4 Å². The number of methoxy groups -OCH3 is 1. The van der Waals surface area contributed by atoms with Gasteiger partial charge in [0.2, 0.25) is 0 Å². The number of carbonyl (C=O) groups excluding carboxylic acids is 1. The lowest BCUT2D eigenvalue weighted by Gasteiger charge is -2.32. The molecule has 22 heavy (non-hydrogen) atoms. The van der Waals surface area contributed by atoms with E-state index >= 15 is 0 Å². The molecule has 0 spiro atoms. The van der Waals surface area contributed by atoms with E-state index in [1.54, 1.807) is 0 Å². The van der Waals surface area contributed by atoms with Crippen molar-refractivity contribution in [3.05, 3.63) is 60.7 Å². The quantitative estimate of drug-likeness (QED) is 0.631. The molecule has 2 aromatic rings. The second kappa shape index (κ2) is 7.15. The highest BCUT2D eigenvalue weighted by Crippen LogP contribution is 2.21. The lowest BCUT2D eigenvalue weighted by molar-refractivity contribution is -0.129. The predicted octanol–water partition coefficient (Wildman–Crippen LogP) is 3.47. The third-order valence-corrected chi connectivity index (χ3v) is 3.64. The molecule has 0 bridgehead atoms. The van der Waals surface area contributed by atoms with Crippen LogP contribution in [0.25, 0.3) is 0 Å². The zero-order valence-corrected chi connectivity index (χ0v) is 13.3. The van der Waals surface area contributed by atoms with Gasteiger partial charge in [0, 0.05) is 18.5 Å². The van der Waals surface area contributed by atoms with Crippen LogP contribution >= 0.6 is 12.2 Å². The molecule has 2 aromatic carbocycles. The molecule has 2 N–H and O–H groups in total. The summed E-state index contributed by atoms with van der Waals surface area (Å²) in [5.74, 6) is -0.229. The zero-order chi connectivity index (χ0) is 16.0. The van der Waals surface area contributed by atoms with Gasteiger partial charge in [-0.3, -0.25) is 4.79 Å². The number of nitrogens with one attached hydrogen (secondary N) is 2. The summed E-state index contributed by atoms with van der Waals surface area (Å²) < 4.78 is 5.47. The molecule has 0 aromatic heterocycles. The van der Waals surface area contributed by atoms with Crippen LogP contribution < -0.4 is 10.6 Å². The molecule has 0 saturated heterocycles. The number of hydrogen-bond acceptors (Lipinski definition) is 4. The molecule has 0 radical (unpaired) electrons. The molecular weight excluding hydrogens is 296 g/mol. The van der Waals surface area contributed by atoms with E-state index in [2.05, 4.69) is 10.6 Å². The monoisotopic (exact) mass is 314 g/mol. The van der Waals surface area contributed by atoms with Gasteiger partial charge < -0.3 is 15.4 Å². The van der Waals surface area contributed by atoms with Crippen molar-refractivity contribution in [3.63, 3.8) is 0 Å². The van der Waals surface area contributed by atoms with E-state index in [1.807, 2.05) is 60.7 Å². The van der Waals surface area contributed by atoms with Gasteiger partial charge in [-0.15, -0.1) is 0 Å². The molecule has 0 amide bonds. The number of ketones is 1. The van der Waals surface area contributed by atoms with E-state index in [0.717, 1.165) is 11.4 Å². The molecule has 114 valence electrons. The van der Waals surface area contributed by atoms with Crippen molar-refractivity contribution in [1.82, 2.24) is 0 Å². The van der Waals surface area contributed by atoms with Crippen LogP contribution in [-0.2, 0) is 9.53 Å². The third kappa shape index (κ3) is 3.50. The van der Waals surface area contributed by atoms with Crippen molar-refractivity contribution < 1.29 is 9.53 Å². The summed E-state index contributed by atoms with van der Waals surface area (Å²) in [5.41, 5.74) is 0.133. The van der Waals surface area contributed by atoms with Crippen molar-refractivity contribution in [2.75, 3.05) is 17.7 Å². The Balaban J connectivity index is 2.28.